The minimum absolute atomic E-state index is 0.0259. The maximum absolute atomic E-state index is 11.9. The van der Waals surface area contributed by atoms with E-state index in [1.807, 2.05) is 13.8 Å². The standard InChI is InChI=1S/C11H18N4O3/c1-5-15(6-2)11(18)12-9-8(10(16)17)7(3)13-14(9)4/h5-6H2,1-4H3,(H,12,18)(H,16,17). The first-order valence-electron chi connectivity index (χ1n) is 5.75. The molecule has 0 aliphatic rings. The number of carboxylic acid groups (broad SMARTS) is 1. The van der Waals surface area contributed by atoms with Crippen LogP contribution in [0.25, 0.3) is 0 Å². The zero-order chi connectivity index (χ0) is 13.9. The Balaban J connectivity index is 3.04. The Labute approximate surface area is 105 Å². The van der Waals surface area contributed by atoms with Crippen LogP contribution in [-0.2, 0) is 7.05 Å². The van der Waals surface area contributed by atoms with Crippen molar-refractivity contribution in [1.29, 1.82) is 0 Å². The number of amides is 2. The Morgan fingerprint density at radius 1 is 1.39 bits per heavy atom. The number of anilines is 1. The van der Waals surface area contributed by atoms with Gasteiger partial charge in [0.1, 0.15) is 11.4 Å². The number of rotatable bonds is 4. The van der Waals surface area contributed by atoms with Crippen LogP contribution in [-0.4, -0.2) is 44.9 Å². The average Bonchev–Trinajstić information content (AvgIpc) is 2.55. The average molecular weight is 254 g/mol. The molecule has 0 aromatic carbocycles. The van der Waals surface area contributed by atoms with Gasteiger partial charge in [-0.1, -0.05) is 0 Å². The van der Waals surface area contributed by atoms with E-state index in [0.29, 0.717) is 18.8 Å². The summed E-state index contributed by atoms with van der Waals surface area (Å²) in [7, 11) is 1.59. The summed E-state index contributed by atoms with van der Waals surface area (Å²) >= 11 is 0. The van der Waals surface area contributed by atoms with Gasteiger partial charge in [0.15, 0.2) is 0 Å². The molecule has 0 saturated heterocycles. The summed E-state index contributed by atoms with van der Waals surface area (Å²) in [6.45, 7) is 6.42. The van der Waals surface area contributed by atoms with Crippen molar-refractivity contribution in [2.45, 2.75) is 20.8 Å². The smallest absolute Gasteiger partial charge is 0.341 e. The van der Waals surface area contributed by atoms with Crippen LogP contribution in [0.5, 0.6) is 0 Å². The number of hydrogen-bond donors (Lipinski definition) is 2. The van der Waals surface area contributed by atoms with Gasteiger partial charge in [0, 0.05) is 20.1 Å². The molecule has 0 bridgehead atoms. The van der Waals surface area contributed by atoms with Crippen molar-refractivity contribution in [2.24, 2.45) is 7.05 Å². The number of carbonyl (C=O) groups is 2. The van der Waals surface area contributed by atoms with Crippen molar-refractivity contribution >= 4 is 17.8 Å². The minimum Gasteiger partial charge on any atom is -0.477 e. The third-order valence-electron chi connectivity index (χ3n) is 2.71. The van der Waals surface area contributed by atoms with Crippen LogP contribution < -0.4 is 5.32 Å². The van der Waals surface area contributed by atoms with Gasteiger partial charge in [-0.15, -0.1) is 0 Å². The van der Waals surface area contributed by atoms with E-state index in [1.165, 1.54) is 4.68 Å². The lowest BCUT2D eigenvalue weighted by Crippen LogP contribution is -2.35. The fraction of sp³-hybridized carbons (Fsp3) is 0.545. The molecule has 100 valence electrons. The number of nitrogens with one attached hydrogen (secondary N) is 1. The first kappa shape index (κ1) is 14.0. The molecule has 0 spiro atoms. The van der Waals surface area contributed by atoms with Crippen molar-refractivity contribution in [3.8, 4) is 0 Å². The van der Waals surface area contributed by atoms with Crippen LogP contribution in [0.2, 0.25) is 0 Å². The number of aryl methyl sites for hydroxylation is 2. The largest absolute Gasteiger partial charge is 0.477 e. The maximum atomic E-state index is 11.9. The summed E-state index contributed by atoms with van der Waals surface area (Å²) in [5, 5.41) is 15.7. The van der Waals surface area contributed by atoms with E-state index in [1.54, 1.807) is 18.9 Å². The molecule has 7 heteroatoms. The van der Waals surface area contributed by atoms with Crippen molar-refractivity contribution in [3.63, 3.8) is 0 Å². The number of aromatic carboxylic acids is 1. The molecule has 0 fully saturated rings. The van der Waals surface area contributed by atoms with Crippen LogP contribution in [0.15, 0.2) is 0 Å². The Morgan fingerprint density at radius 3 is 2.39 bits per heavy atom. The quantitative estimate of drug-likeness (QED) is 0.847. The van der Waals surface area contributed by atoms with Crippen LogP contribution in [0.3, 0.4) is 0 Å². The molecule has 0 unspecified atom stereocenters. The molecule has 1 rings (SSSR count). The van der Waals surface area contributed by atoms with Gasteiger partial charge in [0.25, 0.3) is 0 Å². The van der Waals surface area contributed by atoms with E-state index in [0.717, 1.165) is 0 Å². The molecule has 2 N–H and O–H groups in total. The van der Waals surface area contributed by atoms with Gasteiger partial charge in [0.05, 0.1) is 5.69 Å². The lowest BCUT2D eigenvalue weighted by atomic mass is 10.2. The molecule has 7 nitrogen and oxygen atoms in total. The molecule has 1 heterocycles. The van der Waals surface area contributed by atoms with Crippen molar-refractivity contribution in [1.82, 2.24) is 14.7 Å². The fourth-order valence-corrected chi connectivity index (χ4v) is 1.75. The zero-order valence-corrected chi connectivity index (χ0v) is 11.0. The Kier molecular flexibility index (Phi) is 4.30. The van der Waals surface area contributed by atoms with Crippen LogP contribution >= 0.6 is 0 Å². The van der Waals surface area contributed by atoms with Crippen molar-refractivity contribution in [3.05, 3.63) is 11.3 Å². The summed E-state index contributed by atoms with van der Waals surface area (Å²) < 4.78 is 1.36. The second-order valence-electron chi connectivity index (χ2n) is 3.84. The molecule has 0 aliphatic heterocycles. The first-order chi connectivity index (χ1) is 8.42. The Morgan fingerprint density at radius 2 is 1.94 bits per heavy atom. The van der Waals surface area contributed by atoms with Crippen LogP contribution in [0, 0.1) is 6.92 Å². The van der Waals surface area contributed by atoms with Gasteiger partial charge in [-0.2, -0.15) is 5.10 Å². The van der Waals surface area contributed by atoms with E-state index in [-0.39, 0.29) is 17.4 Å². The molecule has 0 atom stereocenters. The first-order valence-corrected chi connectivity index (χ1v) is 5.75. The number of carboxylic acids is 1. The minimum atomic E-state index is -1.10. The highest BCUT2D eigenvalue weighted by molar-refractivity contribution is 5.99. The molecule has 1 aromatic rings. The van der Waals surface area contributed by atoms with E-state index in [4.69, 9.17) is 5.11 Å². The van der Waals surface area contributed by atoms with E-state index < -0.39 is 5.97 Å². The number of aromatic nitrogens is 2. The number of carbonyl (C=O) groups excluding carboxylic acids is 1. The van der Waals surface area contributed by atoms with Gasteiger partial charge in [-0.3, -0.25) is 10.00 Å². The molecule has 18 heavy (non-hydrogen) atoms. The molecular formula is C11H18N4O3. The lowest BCUT2D eigenvalue weighted by Gasteiger charge is -2.19. The normalized spacial score (nSPS) is 10.2. The highest BCUT2D eigenvalue weighted by Gasteiger charge is 2.22. The van der Waals surface area contributed by atoms with Gasteiger partial charge in [-0.05, 0) is 20.8 Å². The van der Waals surface area contributed by atoms with Crippen LogP contribution in [0.4, 0.5) is 10.6 Å². The molecule has 0 radical (unpaired) electrons. The maximum Gasteiger partial charge on any atom is 0.341 e. The second kappa shape index (κ2) is 5.52. The Bertz CT molecular complexity index is 463. The summed E-state index contributed by atoms with van der Waals surface area (Å²) in [6.07, 6.45) is 0. The van der Waals surface area contributed by atoms with Crippen molar-refractivity contribution < 1.29 is 14.7 Å². The predicted molar refractivity (Wildman–Crippen MR) is 66.8 cm³/mol. The number of hydrogen-bond acceptors (Lipinski definition) is 3. The van der Waals surface area contributed by atoms with Gasteiger partial charge in [0.2, 0.25) is 0 Å². The second-order valence-corrected chi connectivity index (χ2v) is 3.84. The van der Waals surface area contributed by atoms with Gasteiger partial charge in [-0.25, -0.2) is 9.59 Å². The monoisotopic (exact) mass is 254 g/mol. The molecule has 0 saturated carbocycles. The fourth-order valence-electron chi connectivity index (χ4n) is 1.75. The summed E-state index contributed by atoms with van der Waals surface area (Å²) in [6, 6.07) is -0.328. The summed E-state index contributed by atoms with van der Waals surface area (Å²) in [4.78, 5) is 24.6. The summed E-state index contributed by atoms with van der Waals surface area (Å²) in [5.74, 6) is -0.896. The topological polar surface area (TPSA) is 87.5 Å². The Hall–Kier alpha value is -2.05. The number of urea groups is 1. The van der Waals surface area contributed by atoms with Gasteiger partial charge >= 0.3 is 12.0 Å². The molecule has 1 aromatic heterocycles. The lowest BCUT2D eigenvalue weighted by molar-refractivity contribution is 0.0697. The van der Waals surface area contributed by atoms with Gasteiger partial charge < -0.3 is 10.0 Å². The van der Waals surface area contributed by atoms with Crippen molar-refractivity contribution in [2.75, 3.05) is 18.4 Å². The third kappa shape index (κ3) is 2.61. The SMILES string of the molecule is CCN(CC)C(=O)Nc1c(C(=O)O)c(C)nn1C. The molecule has 2 amide bonds. The van der Waals surface area contributed by atoms with Crippen LogP contribution in [0.1, 0.15) is 29.9 Å². The number of nitrogens with zero attached hydrogens (tertiary/aromatic N) is 3. The van der Waals surface area contributed by atoms with E-state index in [2.05, 4.69) is 10.4 Å². The summed E-state index contributed by atoms with van der Waals surface area (Å²) in [5.41, 5.74) is 0.401. The van der Waals surface area contributed by atoms with E-state index in [9.17, 15) is 9.59 Å². The highest BCUT2D eigenvalue weighted by atomic mass is 16.4. The van der Waals surface area contributed by atoms with E-state index >= 15 is 0 Å². The predicted octanol–water partition coefficient (Wildman–Crippen LogP) is 1.30. The highest BCUT2D eigenvalue weighted by Crippen LogP contribution is 2.19. The molecular weight excluding hydrogens is 236 g/mol. The zero-order valence-electron chi connectivity index (χ0n) is 11.0. The molecule has 0 aliphatic carbocycles. The third-order valence-corrected chi connectivity index (χ3v) is 2.71.